The van der Waals surface area contributed by atoms with E-state index in [1.54, 1.807) is 30.3 Å². The zero-order valence-corrected chi connectivity index (χ0v) is 12.4. The first-order chi connectivity index (χ1) is 11.6. The average Bonchev–Trinajstić information content (AvgIpc) is 3.06. The molecule has 0 aliphatic rings. The molecule has 8 heteroatoms. The quantitative estimate of drug-likeness (QED) is 0.334. The van der Waals surface area contributed by atoms with Crippen molar-refractivity contribution in [1.82, 2.24) is 15.4 Å². The minimum absolute atomic E-state index is 0.0357. The van der Waals surface area contributed by atoms with E-state index in [0.29, 0.717) is 11.1 Å². The molecule has 0 saturated heterocycles. The van der Waals surface area contributed by atoms with E-state index in [9.17, 15) is 14.9 Å². The molecule has 0 amide bonds. The van der Waals surface area contributed by atoms with Crippen molar-refractivity contribution in [3.8, 4) is 0 Å². The highest BCUT2D eigenvalue weighted by Crippen LogP contribution is 2.14. The number of non-ortho nitro benzene ring substituents is 1. The molecule has 24 heavy (non-hydrogen) atoms. The lowest BCUT2D eigenvalue weighted by Gasteiger charge is -2.02. The molecule has 0 aliphatic heterocycles. The van der Waals surface area contributed by atoms with Crippen molar-refractivity contribution in [2.24, 2.45) is 0 Å². The molecule has 3 aromatic rings. The fourth-order valence-electron chi connectivity index (χ4n) is 2.08. The molecule has 3 rings (SSSR count). The maximum atomic E-state index is 11.7. The number of nitro benzene ring substituents is 1. The van der Waals surface area contributed by atoms with Crippen molar-refractivity contribution < 1.29 is 14.5 Å². The highest BCUT2D eigenvalue weighted by Gasteiger charge is 2.05. The number of nitro groups is 1. The van der Waals surface area contributed by atoms with Gasteiger partial charge < -0.3 is 4.74 Å². The van der Waals surface area contributed by atoms with Crippen LogP contribution in [0.4, 0.5) is 5.69 Å². The Morgan fingerprint density at radius 3 is 2.88 bits per heavy atom. The zero-order valence-electron chi connectivity index (χ0n) is 12.4. The number of fused-ring (bicyclic) bond motifs is 1. The number of rotatable bonds is 5. The molecular weight excluding hydrogens is 312 g/mol. The molecule has 1 aromatic heterocycles. The SMILES string of the molecule is O=C(C=Cc1cccc([N+](=O)[O-])c1)OCc1ccc2n[nH]nc2c1. The van der Waals surface area contributed by atoms with E-state index in [1.165, 1.54) is 24.3 Å². The number of H-pyrrole nitrogens is 1. The monoisotopic (exact) mass is 324 g/mol. The second-order valence-electron chi connectivity index (χ2n) is 4.94. The molecule has 0 aliphatic carbocycles. The largest absolute Gasteiger partial charge is 0.458 e. The molecule has 120 valence electrons. The van der Waals surface area contributed by atoms with Crippen molar-refractivity contribution >= 4 is 28.8 Å². The molecule has 1 N–H and O–H groups in total. The van der Waals surface area contributed by atoms with Crippen molar-refractivity contribution in [1.29, 1.82) is 0 Å². The van der Waals surface area contributed by atoms with Gasteiger partial charge >= 0.3 is 5.97 Å². The Balaban J connectivity index is 1.60. The first-order valence-electron chi connectivity index (χ1n) is 7.00. The van der Waals surface area contributed by atoms with Gasteiger partial charge in [-0.1, -0.05) is 18.2 Å². The number of nitrogens with zero attached hydrogens (tertiary/aromatic N) is 3. The van der Waals surface area contributed by atoms with Gasteiger partial charge in [0, 0.05) is 18.2 Å². The van der Waals surface area contributed by atoms with E-state index in [0.717, 1.165) is 11.1 Å². The van der Waals surface area contributed by atoms with Gasteiger partial charge in [-0.05, 0) is 29.3 Å². The smallest absolute Gasteiger partial charge is 0.331 e. The molecule has 0 unspecified atom stereocenters. The third-order valence-corrected chi connectivity index (χ3v) is 3.25. The minimum atomic E-state index is -0.540. The number of nitrogens with one attached hydrogen (secondary N) is 1. The number of carbonyl (C=O) groups is 1. The Hall–Kier alpha value is -3.55. The van der Waals surface area contributed by atoms with E-state index in [-0.39, 0.29) is 12.3 Å². The number of aromatic nitrogens is 3. The number of ether oxygens (including phenoxy) is 1. The molecule has 0 spiro atoms. The maximum absolute atomic E-state index is 11.7. The van der Waals surface area contributed by atoms with Crippen LogP contribution in [0.3, 0.4) is 0 Å². The Morgan fingerprint density at radius 2 is 2.04 bits per heavy atom. The van der Waals surface area contributed by atoms with Crippen LogP contribution in [0.1, 0.15) is 11.1 Å². The molecule has 0 radical (unpaired) electrons. The van der Waals surface area contributed by atoms with Gasteiger partial charge in [0.1, 0.15) is 17.6 Å². The van der Waals surface area contributed by atoms with Crippen molar-refractivity contribution in [2.45, 2.75) is 6.61 Å². The lowest BCUT2D eigenvalue weighted by atomic mass is 10.2. The first-order valence-corrected chi connectivity index (χ1v) is 7.00. The van der Waals surface area contributed by atoms with Crippen molar-refractivity contribution in [3.05, 3.63) is 69.8 Å². The second kappa shape index (κ2) is 6.69. The average molecular weight is 324 g/mol. The molecule has 0 bridgehead atoms. The maximum Gasteiger partial charge on any atom is 0.331 e. The third kappa shape index (κ3) is 3.61. The molecule has 0 atom stereocenters. The van der Waals surface area contributed by atoms with Gasteiger partial charge in [-0.15, -0.1) is 0 Å². The van der Waals surface area contributed by atoms with E-state index in [2.05, 4.69) is 15.4 Å². The molecule has 1 heterocycles. The summed E-state index contributed by atoms with van der Waals surface area (Å²) in [5, 5.41) is 21.1. The number of carbonyl (C=O) groups excluding carboxylic acids is 1. The van der Waals surface area contributed by atoms with Crippen LogP contribution in [0.2, 0.25) is 0 Å². The van der Waals surface area contributed by atoms with E-state index < -0.39 is 10.9 Å². The summed E-state index contributed by atoms with van der Waals surface area (Å²) in [7, 11) is 0. The van der Waals surface area contributed by atoms with Gasteiger partial charge in [0.05, 0.1) is 4.92 Å². The van der Waals surface area contributed by atoms with Gasteiger partial charge in [0.2, 0.25) is 0 Å². The summed E-state index contributed by atoms with van der Waals surface area (Å²) in [6.07, 6.45) is 2.70. The Labute approximate surface area is 135 Å². The Morgan fingerprint density at radius 1 is 1.21 bits per heavy atom. The van der Waals surface area contributed by atoms with Crippen molar-refractivity contribution in [3.63, 3.8) is 0 Å². The lowest BCUT2D eigenvalue weighted by Crippen LogP contribution is -2.00. The van der Waals surface area contributed by atoms with Gasteiger partial charge in [-0.2, -0.15) is 15.4 Å². The summed E-state index contributed by atoms with van der Waals surface area (Å²) in [4.78, 5) is 22.0. The fraction of sp³-hybridized carbons (Fsp3) is 0.0625. The zero-order chi connectivity index (χ0) is 16.9. The summed E-state index contributed by atoms with van der Waals surface area (Å²) < 4.78 is 5.13. The number of hydrogen-bond acceptors (Lipinski definition) is 6. The standard InChI is InChI=1S/C16H12N4O4/c21-16(7-5-11-2-1-3-13(8-11)20(22)23)24-10-12-4-6-14-15(9-12)18-19-17-14/h1-9H,10H2,(H,17,18,19). The topological polar surface area (TPSA) is 111 Å². The molecule has 8 nitrogen and oxygen atoms in total. The van der Waals surface area contributed by atoms with Crippen LogP contribution >= 0.6 is 0 Å². The van der Waals surface area contributed by atoms with Crippen LogP contribution < -0.4 is 0 Å². The number of hydrogen-bond donors (Lipinski definition) is 1. The summed E-state index contributed by atoms with van der Waals surface area (Å²) in [5.74, 6) is -0.540. The highest BCUT2D eigenvalue weighted by molar-refractivity contribution is 5.87. The highest BCUT2D eigenvalue weighted by atomic mass is 16.6. The summed E-state index contributed by atoms with van der Waals surface area (Å²) in [5.41, 5.74) is 2.72. The number of esters is 1. The minimum Gasteiger partial charge on any atom is -0.458 e. The van der Waals surface area contributed by atoms with Crippen LogP contribution in [-0.2, 0) is 16.1 Å². The normalized spacial score (nSPS) is 11.0. The van der Waals surface area contributed by atoms with Crippen molar-refractivity contribution in [2.75, 3.05) is 0 Å². The fourth-order valence-corrected chi connectivity index (χ4v) is 2.08. The second-order valence-corrected chi connectivity index (χ2v) is 4.94. The third-order valence-electron chi connectivity index (χ3n) is 3.25. The lowest BCUT2D eigenvalue weighted by molar-refractivity contribution is -0.384. The summed E-state index contributed by atoms with van der Waals surface area (Å²) in [6.45, 7) is 0.0981. The Bertz CT molecular complexity index is 932. The predicted octanol–water partition coefficient (Wildman–Crippen LogP) is 2.62. The van der Waals surface area contributed by atoms with Gasteiger partial charge in [-0.25, -0.2) is 4.79 Å². The van der Waals surface area contributed by atoms with Crippen LogP contribution in [0.5, 0.6) is 0 Å². The van der Waals surface area contributed by atoms with Gasteiger partial charge in [-0.3, -0.25) is 10.1 Å². The summed E-state index contributed by atoms with van der Waals surface area (Å²) in [6, 6.07) is 11.3. The molecular formula is C16H12N4O4. The number of benzene rings is 2. The molecule has 2 aromatic carbocycles. The van der Waals surface area contributed by atoms with Crippen LogP contribution in [-0.4, -0.2) is 26.3 Å². The van der Waals surface area contributed by atoms with E-state index in [4.69, 9.17) is 4.74 Å². The van der Waals surface area contributed by atoms with Crippen LogP contribution in [0, 0.1) is 10.1 Å². The predicted molar refractivity (Wildman–Crippen MR) is 85.8 cm³/mol. The Kier molecular flexibility index (Phi) is 4.28. The van der Waals surface area contributed by atoms with Crippen LogP contribution in [0.25, 0.3) is 17.1 Å². The molecule has 0 saturated carbocycles. The van der Waals surface area contributed by atoms with Gasteiger partial charge in [0.15, 0.2) is 0 Å². The first kappa shape index (κ1) is 15.3. The van der Waals surface area contributed by atoms with E-state index >= 15 is 0 Å². The van der Waals surface area contributed by atoms with Crippen LogP contribution in [0.15, 0.2) is 48.5 Å². The molecule has 0 fully saturated rings. The van der Waals surface area contributed by atoms with Gasteiger partial charge in [0.25, 0.3) is 5.69 Å². The number of aromatic amines is 1. The van der Waals surface area contributed by atoms with E-state index in [1.807, 2.05) is 0 Å². The summed E-state index contributed by atoms with van der Waals surface area (Å²) >= 11 is 0.